The van der Waals surface area contributed by atoms with Crippen LogP contribution in [-0.4, -0.2) is 0 Å². The number of allylic oxidation sites excluding steroid dienone is 3. The second-order valence-corrected chi connectivity index (χ2v) is 7.94. The van der Waals surface area contributed by atoms with Crippen molar-refractivity contribution < 1.29 is 0 Å². The minimum atomic E-state index is -1.22. The van der Waals surface area contributed by atoms with E-state index >= 15 is 0 Å². The van der Waals surface area contributed by atoms with Crippen molar-refractivity contribution in [1.82, 2.24) is 0 Å². The maximum atomic E-state index is 5.21. The van der Waals surface area contributed by atoms with Crippen LogP contribution in [0.3, 0.4) is 0 Å². The van der Waals surface area contributed by atoms with Crippen LogP contribution in [0.25, 0.3) is 0 Å². The summed E-state index contributed by atoms with van der Waals surface area (Å²) in [5.41, 5.74) is 1.44. The van der Waals surface area contributed by atoms with Gasteiger partial charge in [0, 0.05) is 4.91 Å². The quantitative estimate of drug-likeness (QED) is 0.547. The smallest absolute Gasteiger partial charge is 0.000810 e. The van der Waals surface area contributed by atoms with Crippen molar-refractivity contribution in [1.29, 1.82) is 0 Å². The van der Waals surface area contributed by atoms with Gasteiger partial charge >= 0.3 is 0 Å². The molecule has 0 fully saturated rings. The molecule has 0 aromatic heterocycles. The monoisotopic (exact) mass is 174 g/mol. The molecule has 0 radical (unpaired) electrons. The van der Waals surface area contributed by atoms with Crippen molar-refractivity contribution in [3.8, 4) is 0 Å². The summed E-state index contributed by atoms with van der Waals surface area (Å²) in [6, 6.07) is 0. The zero-order valence-corrected chi connectivity index (χ0v) is 7.24. The molecule has 1 aliphatic heterocycles. The minimum absolute atomic E-state index is 1.17. The predicted molar refractivity (Wildman–Crippen MR) is 47.5 cm³/mol. The summed E-state index contributed by atoms with van der Waals surface area (Å²) in [6.07, 6.45) is 4.51. The third kappa shape index (κ3) is 0.719. The maximum Gasteiger partial charge on any atom is 0.000810 e. The fourth-order valence-electron chi connectivity index (χ4n) is 1.13. The van der Waals surface area contributed by atoms with E-state index in [-0.39, 0.29) is 0 Å². The van der Waals surface area contributed by atoms with Gasteiger partial charge in [-0.15, -0.1) is 0 Å². The average Bonchev–Trinajstić information content (AvgIpc) is 1.74. The van der Waals surface area contributed by atoms with Gasteiger partial charge in [0.15, 0.2) is 0 Å². The normalized spacial score (nSPS) is 28.0. The fraction of sp³-hybridized carbons (Fsp3) is 0.333. The third-order valence-corrected chi connectivity index (χ3v) is 5.29. The highest BCUT2D eigenvalue weighted by Crippen LogP contribution is 2.39. The molecule has 0 bridgehead atoms. The lowest BCUT2D eigenvalue weighted by atomic mass is 9.99. The summed E-state index contributed by atoms with van der Waals surface area (Å²) in [4.78, 5) is 1.40. The van der Waals surface area contributed by atoms with Gasteiger partial charge in [0.1, 0.15) is 0 Å². The Morgan fingerprint density at radius 3 is 2.33 bits per heavy atom. The molecule has 0 saturated carbocycles. The Morgan fingerprint density at radius 1 is 1.33 bits per heavy atom. The standard InChI is InChI=1S/C6H6S3/c7-9(8)4-3-5-1-2-6(5)9/h3-4H,1-2H2. The molecule has 3 heteroatoms. The van der Waals surface area contributed by atoms with Crippen LogP contribution in [0.4, 0.5) is 0 Å². The van der Waals surface area contributed by atoms with Gasteiger partial charge in [0.25, 0.3) is 0 Å². The van der Waals surface area contributed by atoms with E-state index in [1.54, 1.807) is 0 Å². The van der Waals surface area contributed by atoms with E-state index in [0.29, 0.717) is 0 Å². The molecule has 0 amide bonds. The van der Waals surface area contributed by atoms with Gasteiger partial charge in [0.05, 0.1) is 0 Å². The Bertz CT molecular complexity index is 303. The molecule has 9 heavy (non-hydrogen) atoms. The zero-order chi connectivity index (χ0) is 6.48. The minimum Gasteiger partial charge on any atom is -0.0509 e. The Morgan fingerprint density at radius 2 is 2.11 bits per heavy atom. The lowest BCUT2D eigenvalue weighted by Gasteiger charge is -2.17. The molecular weight excluding hydrogens is 168 g/mol. The average molecular weight is 174 g/mol. The van der Waals surface area contributed by atoms with E-state index in [2.05, 4.69) is 6.08 Å². The molecule has 1 aliphatic carbocycles. The van der Waals surface area contributed by atoms with Crippen LogP contribution in [0.2, 0.25) is 0 Å². The first kappa shape index (κ1) is 6.01. The molecule has 0 aromatic rings. The van der Waals surface area contributed by atoms with Crippen LogP contribution in [0.5, 0.6) is 0 Å². The molecule has 2 aliphatic rings. The van der Waals surface area contributed by atoms with E-state index in [4.69, 9.17) is 22.4 Å². The molecule has 0 N–H and O–H groups in total. The number of rotatable bonds is 0. The Hall–Kier alpha value is 0.270. The van der Waals surface area contributed by atoms with Crippen molar-refractivity contribution in [3.05, 3.63) is 22.0 Å². The van der Waals surface area contributed by atoms with E-state index in [9.17, 15) is 0 Å². The van der Waals surface area contributed by atoms with Crippen LogP contribution in [-0.2, 0) is 29.5 Å². The highest BCUT2D eigenvalue weighted by Gasteiger charge is 2.24. The molecule has 0 nitrogen and oxygen atoms in total. The molecule has 0 aromatic carbocycles. The van der Waals surface area contributed by atoms with E-state index in [1.807, 2.05) is 5.41 Å². The topological polar surface area (TPSA) is 0 Å². The summed E-state index contributed by atoms with van der Waals surface area (Å²) >= 11 is 10.4. The first-order chi connectivity index (χ1) is 4.20. The molecule has 0 spiro atoms. The van der Waals surface area contributed by atoms with Gasteiger partial charge in [-0.05, 0) is 53.3 Å². The summed E-state index contributed by atoms with van der Waals surface area (Å²) in [5, 5.41) is 2.04. The number of hydrogen-bond donors (Lipinski definition) is 0. The van der Waals surface area contributed by atoms with Crippen LogP contribution >= 0.6 is 0 Å². The summed E-state index contributed by atoms with van der Waals surface area (Å²) in [5.74, 6) is 0. The van der Waals surface area contributed by atoms with E-state index in [1.165, 1.54) is 23.3 Å². The Labute approximate surface area is 64.5 Å². The van der Waals surface area contributed by atoms with Gasteiger partial charge < -0.3 is 0 Å². The fourth-order valence-corrected chi connectivity index (χ4v) is 4.03. The molecule has 48 valence electrons. The highest BCUT2D eigenvalue weighted by molar-refractivity contribution is 8.59. The van der Waals surface area contributed by atoms with Crippen LogP contribution < -0.4 is 0 Å². The van der Waals surface area contributed by atoms with E-state index in [0.717, 1.165) is 0 Å². The first-order valence-electron chi connectivity index (χ1n) is 2.85. The Balaban J connectivity index is 2.70. The van der Waals surface area contributed by atoms with Gasteiger partial charge in [-0.25, -0.2) is 0 Å². The van der Waals surface area contributed by atoms with Crippen LogP contribution in [0.15, 0.2) is 22.0 Å². The van der Waals surface area contributed by atoms with Crippen LogP contribution in [0.1, 0.15) is 12.8 Å². The van der Waals surface area contributed by atoms with Crippen molar-refractivity contribution in [2.75, 3.05) is 0 Å². The van der Waals surface area contributed by atoms with Crippen molar-refractivity contribution >= 4 is 29.5 Å². The zero-order valence-electron chi connectivity index (χ0n) is 4.79. The second-order valence-electron chi connectivity index (χ2n) is 2.30. The summed E-state index contributed by atoms with van der Waals surface area (Å²) in [6.45, 7) is 0. The molecule has 0 atom stereocenters. The largest absolute Gasteiger partial charge is 0.0509 e. The van der Waals surface area contributed by atoms with Gasteiger partial charge in [0.2, 0.25) is 0 Å². The van der Waals surface area contributed by atoms with Gasteiger partial charge in [-0.2, -0.15) is 0 Å². The first-order valence-corrected chi connectivity index (χ1v) is 6.40. The maximum absolute atomic E-state index is 5.21. The molecular formula is C6H6S3. The van der Waals surface area contributed by atoms with Gasteiger partial charge in [-0.3, -0.25) is 0 Å². The third-order valence-electron chi connectivity index (χ3n) is 1.77. The van der Waals surface area contributed by atoms with Gasteiger partial charge in [-0.1, -0.05) is 6.08 Å². The molecule has 1 heterocycles. The SMILES string of the molecule is S=S1(=S)C=CC2=C1CC2. The summed E-state index contributed by atoms with van der Waals surface area (Å²) in [7, 11) is -1.22. The van der Waals surface area contributed by atoms with Crippen molar-refractivity contribution in [2.45, 2.75) is 12.8 Å². The Kier molecular flexibility index (Phi) is 1.10. The lowest BCUT2D eigenvalue weighted by molar-refractivity contribution is 0.893. The molecule has 0 unspecified atom stereocenters. The summed E-state index contributed by atoms with van der Waals surface area (Å²) < 4.78 is 0. The van der Waals surface area contributed by atoms with Crippen molar-refractivity contribution in [3.63, 3.8) is 0 Å². The second kappa shape index (κ2) is 1.65. The lowest BCUT2D eigenvalue weighted by Crippen LogP contribution is -2.03. The molecule has 0 saturated heterocycles. The highest BCUT2D eigenvalue weighted by atomic mass is 33.1. The predicted octanol–water partition coefficient (Wildman–Crippen LogP) is 1.64. The van der Waals surface area contributed by atoms with Crippen molar-refractivity contribution in [2.24, 2.45) is 0 Å². The molecule has 2 rings (SSSR count). The van der Waals surface area contributed by atoms with Crippen LogP contribution in [0, 0.1) is 0 Å². The number of hydrogen-bond acceptors (Lipinski definition) is 2. The van der Waals surface area contributed by atoms with E-state index < -0.39 is 7.15 Å².